The molecule has 0 heterocycles. The van der Waals surface area contributed by atoms with E-state index in [0.717, 1.165) is 64.2 Å². The third-order valence-electron chi connectivity index (χ3n) is 4.68. The van der Waals surface area contributed by atoms with Gasteiger partial charge in [-0.2, -0.15) is 0 Å². The van der Waals surface area contributed by atoms with E-state index in [4.69, 9.17) is 31.3 Å². The minimum absolute atomic E-state index is 0.733. The Kier molecular flexibility index (Phi) is 16.0. The van der Waals surface area contributed by atoms with E-state index in [2.05, 4.69) is 11.8 Å². The molecule has 0 aromatic heterocycles. The van der Waals surface area contributed by atoms with Gasteiger partial charge in [0, 0.05) is 67.9 Å². The topological polar surface area (TPSA) is 67.9 Å². The van der Waals surface area contributed by atoms with Gasteiger partial charge in [-0.05, 0) is 32.4 Å². The number of ether oxygens (including phenoxy) is 1. The summed E-state index contributed by atoms with van der Waals surface area (Å²) in [4.78, 5) is 2.40. The predicted octanol–water partition coefficient (Wildman–Crippen LogP) is 2.25. The van der Waals surface area contributed by atoms with Crippen LogP contribution in [0.1, 0.15) is 26.2 Å². The SMILES string of the molecule is CCCOCCN(CCC[Si](OC)(OC)OC)CCC[Si](OC)(OC)OC. The van der Waals surface area contributed by atoms with E-state index < -0.39 is 17.6 Å². The molecule has 0 rings (SSSR count). The third-order valence-corrected chi connectivity index (χ3v) is 10.3. The van der Waals surface area contributed by atoms with Gasteiger partial charge in [-0.25, -0.2) is 0 Å². The lowest BCUT2D eigenvalue weighted by Crippen LogP contribution is -2.44. The highest BCUT2D eigenvalue weighted by Crippen LogP contribution is 2.17. The summed E-state index contributed by atoms with van der Waals surface area (Å²) in [7, 11) is 4.88. The van der Waals surface area contributed by atoms with Gasteiger partial charge in [0.25, 0.3) is 0 Å². The summed E-state index contributed by atoms with van der Waals surface area (Å²) in [5.74, 6) is 0. The molecule has 0 N–H and O–H groups in total. The summed E-state index contributed by atoms with van der Waals surface area (Å²) >= 11 is 0. The molecule has 0 aromatic carbocycles. The van der Waals surface area contributed by atoms with Gasteiger partial charge in [0.05, 0.1) is 6.61 Å². The lowest BCUT2D eigenvalue weighted by atomic mass is 10.3. The van der Waals surface area contributed by atoms with Crippen molar-refractivity contribution in [1.29, 1.82) is 0 Å². The van der Waals surface area contributed by atoms with Gasteiger partial charge < -0.3 is 36.2 Å². The zero-order chi connectivity index (χ0) is 20.6. The Morgan fingerprint density at radius 3 is 1.33 bits per heavy atom. The van der Waals surface area contributed by atoms with Crippen LogP contribution in [0.25, 0.3) is 0 Å². The molecular formula is C17H41NO7Si2. The standard InChI is InChI=1S/C17H41NO7Si2/c1-8-14-25-15-13-18(11-9-16-26(19-2,20-3)21-4)12-10-17-27(22-5,23-6)24-7/h8-17H2,1-7H3. The highest BCUT2D eigenvalue weighted by molar-refractivity contribution is 6.60. The second-order valence-corrected chi connectivity index (χ2v) is 12.4. The van der Waals surface area contributed by atoms with Crippen molar-refractivity contribution < 1.29 is 31.3 Å². The van der Waals surface area contributed by atoms with Gasteiger partial charge >= 0.3 is 17.6 Å². The molecule has 164 valence electrons. The second-order valence-electron chi connectivity index (χ2n) is 6.25. The maximum atomic E-state index is 5.66. The molecule has 0 unspecified atom stereocenters. The molecule has 0 radical (unpaired) electrons. The molecule has 0 atom stereocenters. The molecule has 0 spiro atoms. The molecule has 0 amide bonds. The smallest absolute Gasteiger partial charge is 0.380 e. The Hall–Kier alpha value is 0.114. The van der Waals surface area contributed by atoms with E-state index in [1.54, 1.807) is 42.7 Å². The van der Waals surface area contributed by atoms with Gasteiger partial charge in [-0.15, -0.1) is 0 Å². The molecule has 0 aliphatic carbocycles. The lowest BCUT2D eigenvalue weighted by molar-refractivity contribution is 0.0982. The minimum atomic E-state index is -2.52. The van der Waals surface area contributed by atoms with E-state index in [-0.39, 0.29) is 0 Å². The zero-order valence-corrected chi connectivity index (χ0v) is 20.4. The van der Waals surface area contributed by atoms with Crippen LogP contribution < -0.4 is 0 Å². The van der Waals surface area contributed by atoms with Gasteiger partial charge in [-0.1, -0.05) is 6.92 Å². The van der Waals surface area contributed by atoms with Crippen LogP contribution in [0.4, 0.5) is 0 Å². The van der Waals surface area contributed by atoms with Gasteiger partial charge in [0.1, 0.15) is 0 Å². The van der Waals surface area contributed by atoms with Crippen molar-refractivity contribution in [2.75, 3.05) is 75.5 Å². The van der Waals surface area contributed by atoms with Crippen LogP contribution in [-0.4, -0.2) is 98.0 Å². The van der Waals surface area contributed by atoms with Crippen molar-refractivity contribution in [2.45, 2.75) is 38.3 Å². The molecule has 0 saturated heterocycles. The molecule has 0 aromatic rings. The van der Waals surface area contributed by atoms with E-state index in [1.165, 1.54) is 0 Å². The van der Waals surface area contributed by atoms with E-state index >= 15 is 0 Å². The van der Waals surface area contributed by atoms with Crippen molar-refractivity contribution in [3.05, 3.63) is 0 Å². The Balaban J connectivity index is 4.54. The van der Waals surface area contributed by atoms with E-state index in [1.807, 2.05) is 0 Å². The van der Waals surface area contributed by atoms with E-state index in [9.17, 15) is 0 Å². The normalized spacial score (nSPS) is 12.9. The van der Waals surface area contributed by atoms with Gasteiger partial charge in [0.15, 0.2) is 0 Å². The van der Waals surface area contributed by atoms with Crippen molar-refractivity contribution in [3.63, 3.8) is 0 Å². The number of hydrogen-bond acceptors (Lipinski definition) is 8. The van der Waals surface area contributed by atoms with Crippen LogP contribution in [0.15, 0.2) is 0 Å². The lowest BCUT2D eigenvalue weighted by Gasteiger charge is -2.28. The van der Waals surface area contributed by atoms with Crippen molar-refractivity contribution in [3.8, 4) is 0 Å². The molecule has 0 aliphatic heterocycles. The number of nitrogens with zero attached hydrogens (tertiary/aromatic N) is 1. The van der Waals surface area contributed by atoms with Crippen LogP contribution in [0, 0.1) is 0 Å². The first-order valence-electron chi connectivity index (χ1n) is 9.61. The average molecular weight is 428 g/mol. The zero-order valence-electron chi connectivity index (χ0n) is 18.4. The Labute approximate surface area is 168 Å². The fourth-order valence-electron chi connectivity index (χ4n) is 2.93. The molecule has 8 nitrogen and oxygen atoms in total. The summed E-state index contributed by atoms with van der Waals surface area (Å²) in [6, 6.07) is 1.57. The summed E-state index contributed by atoms with van der Waals surface area (Å²) < 4.78 is 38.7. The van der Waals surface area contributed by atoms with Crippen LogP contribution in [-0.2, 0) is 31.3 Å². The molecule has 0 aliphatic rings. The molecule has 0 saturated carbocycles. The Morgan fingerprint density at radius 1 is 0.593 bits per heavy atom. The first-order valence-corrected chi connectivity index (χ1v) is 13.5. The van der Waals surface area contributed by atoms with Crippen molar-refractivity contribution in [1.82, 2.24) is 4.90 Å². The first-order chi connectivity index (χ1) is 13.0. The number of rotatable bonds is 19. The van der Waals surface area contributed by atoms with Gasteiger partial charge in [0.2, 0.25) is 0 Å². The van der Waals surface area contributed by atoms with Crippen LogP contribution in [0.2, 0.25) is 12.1 Å². The minimum Gasteiger partial charge on any atom is -0.380 e. The van der Waals surface area contributed by atoms with Crippen LogP contribution in [0.3, 0.4) is 0 Å². The monoisotopic (exact) mass is 427 g/mol. The predicted molar refractivity (Wildman–Crippen MR) is 110 cm³/mol. The highest BCUT2D eigenvalue weighted by atomic mass is 28.4. The van der Waals surface area contributed by atoms with Crippen molar-refractivity contribution in [2.24, 2.45) is 0 Å². The molecule has 27 heavy (non-hydrogen) atoms. The molecular weight excluding hydrogens is 386 g/mol. The molecule has 0 bridgehead atoms. The quantitative estimate of drug-likeness (QED) is 0.230. The first kappa shape index (κ1) is 27.1. The largest absolute Gasteiger partial charge is 0.500 e. The fraction of sp³-hybridized carbons (Fsp3) is 1.00. The maximum Gasteiger partial charge on any atom is 0.500 e. The molecule has 10 heteroatoms. The van der Waals surface area contributed by atoms with Crippen LogP contribution in [0.5, 0.6) is 0 Å². The number of hydrogen-bond donors (Lipinski definition) is 0. The van der Waals surface area contributed by atoms with E-state index in [0.29, 0.717) is 0 Å². The van der Waals surface area contributed by atoms with Crippen LogP contribution >= 0.6 is 0 Å². The van der Waals surface area contributed by atoms with Crippen molar-refractivity contribution >= 4 is 17.6 Å². The summed E-state index contributed by atoms with van der Waals surface area (Å²) in [5.41, 5.74) is 0. The summed E-state index contributed by atoms with van der Waals surface area (Å²) in [5, 5.41) is 0. The summed E-state index contributed by atoms with van der Waals surface area (Å²) in [6.07, 6.45) is 2.92. The highest BCUT2D eigenvalue weighted by Gasteiger charge is 2.38. The summed E-state index contributed by atoms with van der Waals surface area (Å²) in [6.45, 7) is 6.41. The maximum absolute atomic E-state index is 5.66. The Bertz CT molecular complexity index is 303. The average Bonchev–Trinajstić information content (AvgIpc) is 2.72. The second kappa shape index (κ2) is 16.0. The molecule has 0 fully saturated rings. The third kappa shape index (κ3) is 10.5. The fourth-order valence-corrected chi connectivity index (χ4v) is 6.33. The Morgan fingerprint density at radius 2 is 1.00 bits per heavy atom. The van der Waals surface area contributed by atoms with Gasteiger partial charge in [-0.3, -0.25) is 0 Å².